The molecule has 0 radical (unpaired) electrons. The molecule has 1 saturated heterocycles. The van der Waals surface area contributed by atoms with E-state index in [0.29, 0.717) is 11.8 Å². The van der Waals surface area contributed by atoms with Crippen LogP contribution in [0.3, 0.4) is 0 Å². The van der Waals surface area contributed by atoms with Crippen LogP contribution in [0, 0.1) is 0 Å². The third kappa shape index (κ3) is 2.91. The molecule has 0 amide bonds. The number of benzene rings is 1. The van der Waals surface area contributed by atoms with E-state index < -0.39 is 0 Å². The summed E-state index contributed by atoms with van der Waals surface area (Å²) in [6, 6.07) is 6.25. The molecule has 1 aliphatic carbocycles. The van der Waals surface area contributed by atoms with Gasteiger partial charge in [-0.2, -0.15) is 5.10 Å². The highest BCUT2D eigenvalue weighted by Gasteiger charge is 2.40. The lowest BCUT2D eigenvalue weighted by Crippen LogP contribution is -2.58. The first-order valence-electron chi connectivity index (χ1n) is 8.76. The predicted molar refractivity (Wildman–Crippen MR) is 89.8 cm³/mol. The van der Waals surface area contributed by atoms with Gasteiger partial charge in [-0.1, -0.05) is 19.1 Å². The summed E-state index contributed by atoms with van der Waals surface area (Å²) in [4.78, 5) is 6.57. The molecule has 1 aliphatic heterocycles. The molecule has 24 heavy (non-hydrogen) atoms. The zero-order chi connectivity index (χ0) is 16.5. The normalized spacial score (nSPS) is 26.8. The number of hydrogen-bond acceptors (Lipinski definition) is 5. The lowest BCUT2D eigenvalue weighted by Gasteiger charge is -2.47. The minimum Gasteiger partial charge on any atom is -0.508 e. The fraction of sp³-hybridized carbons (Fsp3) is 0.556. The maximum atomic E-state index is 10.2. The van der Waals surface area contributed by atoms with Crippen molar-refractivity contribution in [2.45, 2.75) is 51.0 Å². The summed E-state index contributed by atoms with van der Waals surface area (Å²) in [6.45, 7) is 4.94. The van der Waals surface area contributed by atoms with Crippen molar-refractivity contribution >= 4 is 0 Å². The highest BCUT2D eigenvalue weighted by molar-refractivity contribution is 5.42. The zero-order valence-electron chi connectivity index (χ0n) is 14.0. The predicted octanol–water partition coefficient (Wildman–Crippen LogP) is 1.63. The van der Waals surface area contributed by atoms with Gasteiger partial charge in [0.2, 0.25) is 0 Å². The van der Waals surface area contributed by atoms with Crippen LogP contribution >= 0.6 is 0 Å². The molecule has 6 heteroatoms. The van der Waals surface area contributed by atoms with Gasteiger partial charge >= 0.3 is 0 Å². The van der Waals surface area contributed by atoms with Crippen molar-refractivity contribution in [2.75, 3.05) is 13.1 Å². The Bertz CT molecular complexity index is 688. The van der Waals surface area contributed by atoms with Crippen molar-refractivity contribution in [1.29, 1.82) is 0 Å². The quantitative estimate of drug-likeness (QED) is 0.924. The summed E-state index contributed by atoms with van der Waals surface area (Å²) in [5.74, 6) is 0.398. The van der Waals surface area contributed by atoms with Gasteiger partial charge in [0.1, 0.15) is 18.4 Å². The molecule has 2 aliphatic rings. The first kappa shape index (κ1) is 15.6. The maximum absolute atomic E-state index is 10.2. The van der Waals surface area contributed by atoms with Gasteiger partial charge in [0.25, 0.3) is 0 Å². The lowest BCUT2D eigenvalue weighted by atomic mass is 9.83. The van der Waals surface area contributed by atoms with Crippen LogP contribution in [0.25, 0.3) is 0 Å². The fourth-order valence-electron chi connectivity index (χ4n) is 4.11. The Morgan fingerprint density at radius 2 is 2.25 bits per heavy atom. The number of morpholine rings is 1. The average Bonchev–Trinajstić information content (AvgIpc) is 3.07. The monoisotopic (exact) mass is 328 g/mol. The van der Waals surface area contributed by atoms with Crippen LogP contribution in [0.4, 0.5) is 0 Å². The van der Waals surface area contributed by atoms with Gasteiger partial charge in [0.05, 0.1) is 18.8 Å². The Hall–Kier alpha value is -1.92. The van der Waals surface area contributed by atoms with Crippen molar-refractivity contribution in [2.24, 2.45) is 0 Å². The molecular formula is C18H24N4O2. The summed E-state index contributed by atoms with van der Waals surface area (Å²) in [6.07, 6.45) is 6.38. The Morgan fingerprint density at radius 1 is 1.33 bits per heavy atom. The Labute approximate surface area is 142 Å². The largest absolute Gasteiger partial charge is 0.508 e. The molecular weight excluding hydrogens is 304 g/mol. The molecule has 1 aromatic heterocycles. The van der Waals surface area contributed by atoms with E-state index >= 15 is 0 Å². The molecule has 0 spiro atoms. The maximum Gasteiger partial charge on any atom is 0.137 e. The molecule has 128 valence electrons. The van der Waals surface area contributed by atoms with E-state index in [4.69, 9.17) is 4.74 Å². The average molecular weight is 328 g/mol. The lowest BCUT2D eigenvalue weighted by molar-refractivity contribution is -0.128. The van der Waals surface area contributed by atoms with E-state index in [1.165, 1.54) is 5.56 Å². The first-order valence-corrected chi connectivity index (χ1v) is 8.76. The standard InChI is InChI=1S/C18H24N4O2/c1-2-6-21-9-14(10-22-12-19-11-20-22)24-18-8-15-13(7-16(18)21)4-3-5-17(15)23/h3-5,11-12,14,16,18,23H,2,6-10H2,1H3/t14-,16-,18-/m1/s1. The molecule has 0 saturated carbocycles. The summed E-state index contributed by atoms with van der Waals surface area (Å²) in [5, 5.41) is 14.4. The van der Waals surface area contributed by atoms with Gasteiger partial charge in [-0.15, -0.1) is 0 Å². The van der Waals surface area contributed by atoms with Gasteiger partial charge in [-0.05, 0) is 36.6 Å². The number of ether oxygens (including phenoxy) is 1. The van der Waals surface area contributed by atoms with E-state index in [9.17, 15) is 5.11 Å². The zero-order valence-corrected chi connectivity index (χ0v) is 14.0. The van der Waals surface area contributed by atoms with Gasteiger partial charge in [-0.3, -0.25) is 9.58 Å². The van der Waals surface area contributed by atoms with E-state index in [-0.39, 0.29) is 12.2 Å². The first-order chi connectivity index (χ1) is 11.7. The van der Waals surface area contributed by atoms with Gasteiger partial charge in [-0.25, -0.2) is 4.98 Å². The van der Waals surface area contributed by atoms with Crippen LogP contribution in [-0.4, -0.2) is 56.1 Å². The second-order valence-corrected chi connectivity index (χ2v) is 6.80. The number of fused-ring (bicyclic) bond motifs is 2. The molecule has 6 nitrogen and oxygen atoms in total. The molecule has 0 bridgehead atoms. The molecule has 1 N–H and O–H groups in total. The van der Waals surface area contributed by atoms with E-state index in [1.54, 1.807) is 18.7 Å². The Morgan fingerprint density at radius 3 is 3.04 bits per heavy atom. The second kappa shape index (κ2) is 6.53. The number of phenolic OH excluding ortho intramolecular Hbond substituents is 1. The van der Waals surface area contributed by atoms with E-state index in [0.717, 1.165) is 44.5 Å². The fourth-order valence-corrected chi connectivity index (χ4v) is 4.11. The van der Waals surface area contributed by atoms with Gasteiger partial charge < -0.3 is 9.84 Å². The number of hydrogen-bond donors (Lipinski definition) is 1. The summed E-state index contributed by atoms with van der Waals surface area (Å²) >= 11 is 0. The van der Waals surface area contributed by atoms with Gasteiger partial charge in [0, 0.05) is 19.0 Å². The molecule has 1 aromatic carbocycles. The van der Waals surface area contributed by atoms with E-state index in [1.807, 2.05) is 10.7 Å². The smallest absolute Gasteiger partial charge is 0.137 e. The highest BCUT2D eigenvalue weighted by atomic mass is 16.5. The van der Waals surface area contributed by atoms with Crippen LogP contribution in [0.5, 0.6) is 5.75 Å². The van der Waals surface area contributed by atoms with Crippen LogP contribution in [0.15, 0.2) is 30.9 Å². The topological polar surface area (TPSA) is 63.4 Å². The molecule has 1 fully saturated rings. The minimum atomic E-state index is 0.104. The molecule has 0 unspecified atom stereocenters. The summed E-state index contributed by atoms with van der Waals surface area (Å²) in [7, 11) is 0. The van der Waals surface area contributed by atoms with E-state index in [2.05, 4.69) is 28.0 Å². The number of aromatic hydroxyl groups is 1. The van der Waals surface area contributed by atoms with Crippen LogP contribution in [-0.2, 0) is 24.1 Å². The molecule has 4 rings (SSSR count). The summed E-state index contributed by atoms with van der Waals surface area (Å²) in [5.41, 5.74) is 2.31. The van der Waals surface area contributed by atoms with Crippen molar-refractivity contribution < 1.29 is 9.84 Å². The van der Waals surface area contributed by atoms with Crippen LogP contribution in [0.2, 0.25) is 0 Å². The Balaban J connectivity index is 1.57. The molecule has 2 aromatic rings. The van der Waals surface area contributed by atoms with Crippen molar-refractivity contribution in [3.05, 3.63) is 42.0 Å². The van der Waals surface area contributed by atoms with Crippen LogP contribution in [0.1, 0.15) is 24.5 Å². The Kier molecular flexibility index (Phi) is 4.24. The number of rotatable bonds is 4. The molecule has 2 heterocycles. The number of nitrogens with zero attached hydrogens (tertiary/aromatic N) is 4. The van der Waals surface area contributed by atoms with Gasteiger partial charge in [0.15, 0.2) is 0 Å². The number of phenols is 1. The SMILES string of the molecule is CCCN1C[C@H](Cn2cncn2)O[C@@H]2Cc3c(O)cccc3C[C@H]21. The van der Waals surface area contributed by atoms with Crippen molar-refractivity contribution in [3.63, 3.8) is 0 Å². The third-order valence-electron chi connectivity index (χ3n) is 5.15. The highest BCUT2D eigenvalue weighted by Crippen LogP contribution is 2.35. The number of aromatic nitrogens is 3. The second-order valence-electron chi connectivity index (χ2n) is 6.80. The minimum absolute atomic E-state index is 0.104. The van der Waals surface area contributed by atoms with Crippen LogP contribution < -0.4 is 0 Å². The third-order valence-corrected chi connectivity index (χ3v) is 5.15. The van der Waals surface area contributed by atoms with Crippen molar-refractivity contribution in [1.82, 2.24) is 19.7 Å². The van der Waals surface area contributed by atoms with Crippen molar-refractivity contribution in [3.8, 4) is 5.75 Å². The summed E-state index contributed by atoms with van der Waals surface area (Å²) < 4.78 is 8.25. The molecule has 3 atom stereocenters.